The van der Waals surface area contributed by atoms with E-state index in [9.17, 15) is 17.2 Å². The summed E-state index contributed by atoms with van der Waals surface area (Å²) in [5.74, 6) is -1.38. The molecule has 2 aromatic heterocycles. The minimum atomic E-state index is -3.85. The van der Waals surface area contributed by atoms with E-state index in [4.69, 9.17) is 0 Å². The highest BCUT2D eigenvalue weighted by Gasteiger charge is 2.26. The Labute approximate surface area is 191 Å². The SMILES string of the molecule is Cc1ccc(S(=O)(=O)N(Cc2cccnc2)Cc2nccn2Cc2ccc(F)c(F)c2)cc1. The van der Waals surface area contributed by atoms with Gasteiger partial charge in [-0.1, -0.05) is 29.8 Å². The van der Waals surface area contributed by atoms with E-state index >= 15 is 0 Å². The van der Waals surface area contributed by atoms with Crippen molar-refractivity contribution in [1.82, 2.24) is 18.8 Å². The van der Waals surface area contributed by atoms with E-state index in [1.807, 2.05) is 6.92 Å². The first-order valence-electron chi connectivity index (χ1n) is 10.2. The highest BCUT2D eigenvalue weighted by molar-refractivity contribution is 7.89. The summed E-state index contributed by atoms with van der Waals surface area (Å²) in [5, 5.41) is 0. The minimum Gasteiger partial charge on any atom is -0.329 e. The number of sulfonamides is 1. The van der Waals surface area contributed by atoms with Crippen LogP contribution in [0, 0.1) is 18.6 Å². The molecule has 0 fully saturated rings. The van der Waals surface area contributed by atoms with Crippen LogP contribution in [-0.2, 0) is 29.7 Å². The average molecular weight is 469 g/mol. The van der Waals surface area contributed by atoms with Crippen molar-refractivity contribution in [2.45, 2.75) is 31.5 Å². The van der Waals surface area contributed by atoms with Crippen LogP contribution in [0.4, 0.5) is 8.78 Å². The standard InChI is InChI=1S/C24H22F2N4O2S/c1-18-4-7-21(8-5-18)33(31,32)30(16-20-3-2-10-27-14-20)17-24-28-11-12-29(24)15-19-6-9-22(25)23(26)13-19/h2-14H,15-17H2,1H3. The van der Waals surface area contributed by atoms with Gasteiger partial charge in [0, 0.05) is 37.9 Å². The Kier molecular flexibility index (Phi) is 6.62. The van der Waals surface area contributed by atoms with Gasteiger partial charge in [0.1, 0.15) is 5.82 Å². The molecule has 0 spiro atoms. The summed E-state index contributed by atoms with van der Waals surface area (Å²) in [6.07, 6.45) is 6.47. The Morgan fingerprint density at radius 3 is 2.42 bits per heavy atom. The van der Waals surface area contributed by atoms with Gasteiger partial charge in [0.25, 0.3) is 0 Å². The van der Waals surface area contributed by atoms with E-state index in [2.05, 4.69) is 9.97 Å². The number of hydrogen-bond acceptors (Lipinski definition) is 4. The number of nitrogens with zero attached hydrogens (tertiary/aromatic N) is 4. The van der Waals surface area contributed by atoms with Gasteiger partial charge in [0.05, 0.1) is 11.4 Å². The average Bonchev–Trinajstić information content (AvgIpc) is 3.23. The molecule has 4 rings (SSSR count). The molecule has 0 atom stereocenters. The van der Waals surface area contributed by atoms with E-state index in [1.165, 1.54) is 10.4 Å². The summed E-state index contributed by atoms with van der Waals surface area (Å²) in [4.78, 5) is 8.59. The Morgan fingerprint density at radius 2 is 1.73 bits per heavy atom. The van der Waals surface area contributed by atoms with Crippen molar-refractivity contribution in [1.29, 1.82) is 0 Å². The molecule has 0 radical (unpaired) electrons. The number of halogens is 2. The van der Waals surface area contributed by atoms with Gasteiger partial charge in [0.2, 0.25) is 10.0 Å². The van der Waals surface area contributed by atoms with Crippen molar-refractivity contribution in [2.24, 2.45) is 0 Å². The monoisotopic (exact) mass is 468 g/mol. The summed E-state index contributed by atoms with van der Waals surface area (Å²) in [6, 6.07) is 13.9. The third-order valence-electron chi connectivity index (χ3n) is 5.20. The summed E-state index contributed by atoms with van der Waals surface area (Å²) in [6.45, 7) is 2.20. The molecular weight excluding hydrogens is 446 g/mol. The van der Waals surface area contributed by atoms with Crippen LogP contribution in [0.15, 0.2) is 84.3 Å². The highest BCUT2D eigenvalue weighted by Crippen LogP contribution is 2.22. The number of rotatable bonds is 8. The zero-order chi connectivity index (χ0) is 23.4. The van der Waals surface area contributed by atoms with Gasteiger partial charge in [-0.2, -0.15) is 4.31 Å². The van der Waals surface area contributed by atoms with Crippen molar-refractivity contribution in [3.8, 4) is 0 Å². The molecule has 0 aliphatic heterocycles. The summed E-state index contributed by atoms with van der Waals surface area (Å²) < 4.78 is 57.0. The second kappa shape index (κ2) is 9.60. The fraction of sp³-hybridized carbons (Fsp3) is 0.167. The zero-order valence-corrected chi connectivity index (χ0v) is 18.7. The number of pyridine rings is 1. The Bertz CT molecular complexity index is 1340. The molecule has 0 amide bonds. The van der Waals surface area contributed by atoms with Gasteiger partial charge < -0.3 is 4.57 Å². The molecule has 4 aromatic rings. The lowest BCUT2D eigenvalue weighted by molar-refractivity contribution is 0.385. The Hall–Kier alpha value is -3.43. The van der Waals surface area contributed by atoms with Crippen LogP contribution >= 0.6 is 0 Å². The van der Waals surface area contributed by atoms with Gasteiger partial charge in [-0.05, 0) is 48.4 Å². The molecule has 2 heterocycles. The van der Waals surface area contributed by atoms with Crippen molar-refractivity contribution >= 4 is 10.0 Å². The maximum Gasteiger partial charge on any atom is 0.243 e. The number of hydrogen-bond donors (Lipinski definition) is 0. The van der Waals surface area contributed by atoms with E-state index in [-0.39, 0.29) is 24.5 Å². The smallest absolute Gasteiger partial charge is 0.243 e. The van der Waals surface area contributed by atoms with E-state index in [0.29, 0.717) is 11.4 Å². The number of aryl methyl sites for hydroxylation is 1. The quantitative estimate of drug-likeness (QED) is 0.387. The van der Waals surface area contributed by atoms with E-state index in [0.717, 1.165) is 23.3 Å². The third-order valence-corrected chi connectivity index (χ3v) is 7.00. The molecule has 0 aliphatic carbocycles. The first-order valence-corrected chi connectivity index (χ1v) is 11.7. The van der Waals surface area contributed by atoms with Crippen molar-refractivity contribution < 1.29 is 17.2 Å². The number of imidazole rings is 1. The second-order valence-corrected chi connectivity index (χ2v) is 9.61. The minimum absolute atomic E-state index is 0.0121. The van der Waals surface area contributed by atoms with Gasteiger partial charge in [-0.25, -0.2) is 22.2 Å². The van der Waals surface area contributed by atoms with Gasteiger partial charge in [-0.15, -0.1) is 0 Å². The summed E-state index contributed by atoms with van der Waals surface area (Å²) in [5.41, 5.74) is 2.22. The summed E-state index contributed by atoms with van der Waals surface area (Å²) in [7, 11) is -3.85. The molecule has 0 unspecified atom stereocenters. The van der Waals surface area contributed by atoms with Crippen molar-refractivity contribution in [3.63, 3.8) is 0 Å². The predicted octanol–water partition coefficient (Wildman–Crippen LogP) is 4.30. The fourth-order valence-corrected chi connectivity index (χ4v) is 4.79. The van der Waals surface area contributed by atoms with E-state index in [1.54, 1.807) is 65.8 Å². The first-order chi connectivity index (χ1) is 15.8. The lowest BCUT2D eigenvalue weighted by Crippen LogP contribution is -2.31. The van der Waals surface area contributed by atoms with Gasteiger partial charge in [0.15, 0.2) is 11.6 Å². The lowest BCUT2D eigenvalue weighted by atomic mass is 10.2. The van der Waals surface area contributed by atoms with Crippen LogP contribution in [0.25, 0.3) is 0 Å². The van der Waals surface area contributed by atoms with Crippen LogP contribution < -0.4 is 0 Å². The molecule has 0 saturated carbocycles. The molecule has 0 aliphatic rings. The molecule has 170 valence electrons. The highest BCUT2D eigenvalue weighted by atomic mass is 32.2. The van der Waals surface area contributed by atoms with Crippen LogP contribution in [0.1, 0.15) is 22.5 Å². The first kappa shape index (κ1) is 22.8. The number of aromatic nitrogens is 3. The molecule has 0 saturated heterocycles. The van der Waals surface area contributed by atoms with Gasteiger partial charge in [-0.3, -0.25) is 4.98 Å². The maximum atomic E-state index is 13.6. The second-order valence-electron chi connectivity index (χ2n) is 7.67. The fourth-order valence-electron chi connectivity index (χ4n) is 3.41. The molecule has 2 aromatic carbocycles. The zero-order valence-electron chi connectivity index (χ0n) is 17.9. The normalized spacial score (nSPS) is 11.8. The predicted molar refractivity (Wildman–Crippen MR) is 120 cm³/mol. The lowest BCUT2D eigenvalue weighted by Gasteiger charge is -2.22. The molecule has 6 nitrogen and oxygen atoms in total. The van der Waals surface area contributed by atoms with E-state index < -0.39 is 21.7 Å². The topological polar surface area (TPSA) is 68.1 Å². The Balaban J connectivity index is 1.65. The van der Waals surface area contributed by atoms with Crippen LogP contribution in [0.5, 0.6) is 0 Å². The van der Waals surface area contributed by atoms with Crippen LogP contribution in [0.3, 0.4) is 0 Å². The molecule has 9 heteroatoms. The maximum absolute atomic E-state index is 13.6. The molecule has 0 N–H and O–H groups in total. The summed E-state index contributed by atoms with van der Waals surface area (Å²) >= 11 is 0. The van der Waals surface area contributed by atoms with Gasteiger partial charge >= 0.3 is 0 Å². The largest absolute Gasteiger partial charge is 0.329 e. The number of benzene rings is 2. The van der Waals surface area contributed by atoms with Crippen LogP contribution in [-0.4, -0.2) is 27.3 Å². The molecule has 0 bridgehead atoms. The van der Waals surface area contributed by atoms with Crippen molar-refractivity contribution in [2.75, 3.05) is 0 Å². The van der Waals surface area contributed by atoms with Crippen LogP contribution in [0.2, 0.25) is 0 Å². The molecular formula is C24H22F2N4O2S. The third kappa shape index (κ3) is 5.32. The molecule has 33 heavy (non-hydrogen) atoms. The van der Waals surface area contributed by atoms with Crippen molar-refractivity contribution in [3.05, 3.63) is 114 Å². The Morgan fingerprint density at radius 1 is 0.939 bits per heavy atom.